The van der Waals surface area contributed by atoms with E-state index in [1.165, 1.54) is 19.2 Å². The van der Waals surface area contributed by atoms with Crippen molar-refractivity contribution >= 4 is 10.9 Å². The van der Waals surface area contributed by atoms with Gasteiger partial charge < -0.3 is 4.74 Å². The van der Waals surface area contributed by atoms with E-state index >= 15 is 0 Å². The Bertz CT molecular complexity index is 632. The highest BCUT2D eigenvalue weighted by molar-refractivity contribution is 5.84. The Labute approximate surface area is 108 Å². The highest BCUT2D eigenvalue weighted by Gasteiger charge is 2.35. The summed E-state index contributed by atoms with van der Waals surface area (Å²) in [5.74, 6) is 0.589. The minimum absolute atomic E-state index is 0.0938. The first kappa shape index (κ1) is 12.3. The average molecular weight is 267 g/mol. The van der Waals surface area contributed by atoms with Gasteiger partial charge in [-0.05, 0) is 37.1 Å². The molecule has 0 unspecified atom stereocenters. The third kappa shape index (κ3) is 2.25. The molecule has 1 heterocycles. The fourth-order valence-electron chi connectivity index (χ4n) is 2.18. The average Bonchev–Trinajstić information content (AvgIpc) is 3.19. The maximum atomic E-state index is 13.1. The monoisotopic (exact) mass is 267 g/mol. The molecule has 100 valence electrons. The van der Waals surface area contributed by atoms with Crippen LogP contribution < -0.4 is 4.74 Å². The zero-order valence-corrected chi connectivity index (χ0v) is 10.3. The lowest BCUT2D eigenvalue weighted by molar-refractivity contribution is -0.136. The second-order valence-electron chi connectivity index (χ2n) is 4.75. The molecule has 0 N–H and O–H groups in total. The summed E-state index contributed by atoms with van der Waals surface area (Å²) in [5, 5.41) is 0.0938. The van der Waals surface area contributed by atoms with Crippen LogP contribution in [-0.2, 0) is 6.18 Å². The van der Waals surface area contributed by atoms with E-state index < -0.39 is 11.7 Å². The molecule has 2 aromatic rings. The van der Waals surface area contributed by atoms with Gasteiger partial charge in [0, 0.05) is 17.0 Å². The van der Waals surface area contributed by atoms with Gasteiger partial charge in [0.15, 0.2) is 0 Å². The topological polar surface area (TPSA) is 22.1 Å². The van der Waals surface area contributed by atoms with E-state index in [9.17, 15) is 13.2 Å². The Balaban J connectivity index is 2.27. The molecule has 3 rings (SSSR count). The minimum Gasteiger partial charge on any atom is -0.497 e. The first-order valence-electron chi connectivity index (χ1n) is 6.05. The Hall–Kier alpha value is -1.78. The molecule has 1 saturated carbocycles. The fourth-order valence-corrected chi connectivity index (χ4v) is 2.18. The van der Waals surface area contributed by atoms with Gasteiger partial charge in [-0.3, -0.25) is 4.98 Å². The van der Waals surface area contributed by atoms with Crippen LogP contribution in [0.3, 0.4) is 0 Å². The highest BCUT2D eigenvalue weighted by Crippen LogP contribution is 2.43. The van der Waals surface area contributed by atoms with Crippen LogP contribution in [0.1, 0.15) is 30.0 Å². The van der Waals surface area contributed by atoms with E-state index in [4.69, 9.17) is 4.74 Å². The third-order valence-corrected chi connectivity index (χ3v) is 3.34. The maximum absolute atomic E-state index is 13.1. The van der Waals surface area contributed by atoms with Crippen LogP contribution in [0.15, 0.2) is 24.3 Å². The Morgan fingerprint density at radius 1 is 1.21 bits per heavy atom. The number of aromatic nitrogens is 1. The molecule has 2 nitrogen and oxygen atoms in total. The van der Waals surface area contributed by atoms with Gasteiger partial charge in [0.25, 0.3) is 0 Å². The molecule has 1 aliphatic rings. The molecule has 1 fully saturated rings. The fraction of sp³-hybridized carbons (Fsp3) is 0.357. The van der Waals surface area contributed by atoms with Crippen molar-refractivity contribution in [3.05, 3.63) is 35.5 Å². The van der Waals surface area contributed by atoms with Gasteiger partial charge in [-0.25, -0.2) is 0 Å². The number of rotatable bonds is 2. The van der Waals surface area contributed by atoms with Crippen molar-refractivity contribution in [2.24, 2.45) is 0 Å². The highest BCUT2D eigenvalue weighted by atomic mass is 19.4. The number of fused-ring (bicyclic) bond motifs is 1. The molecule has 1 aromatic carbocycles. The van der Waals surface area contributed by atoms with Crippen LogP contribution in [0.4, 0.5) is 13.2 Å². The lowest BCUT2D eigenvalue weighted by atomic mass is 10.1. The van der Waals surface area contributed by atoms with Gasteiger partial charge >= 0.3 is 6.18 Å². The summed E-state index contributed by atoms with van der Waals surface area (Å²) >= 11 is 0. The number of hydrogen-bond donors (Lipinski definition) is 0. The first-order valence-corrected chi connectivity index (χ1v) is 6.05. The molecule has 5 heteroatoms. The summed E-state index contributed by atoms with van der Waals surface area (Å²) in [7, 11) is 1.43. The molecular weight excluding hydrogens is 255 g/mol. The number of halogens is 3. The van der Waals surface area contributed by atoms with E-state index in [0.717, 1.165) is 12.8 Å². The Morgan fingerprint density at radius 3 is 2.53 bits per heavy atom. The van der Waals surface area contributed by atoms with E-state index in [1.807, 2.05) is 0 Å². The molecule has 0 saturated heterocycles. The molecule has 1 aliphatic carbocycles. The van der Waals surface area contributed by atoms with Gasteiger partial charge in [-0.1, -0.05) is 0 Å². The molecule has 0 atom stereocenters. The summed E-state index contributed by atoms with van der Waals surface area (Å²) < 4.78 is 44.4. The van der Waals surface area contributed by atoms with Crippen molar-refractivity contribution in [3.63, 3.8) is 0 Å². The minimum atomic E-state index is -4.38. The number of nitrogens with zero attached hydrogens (tertiary/aromatic N) is 1. The van der Waals surface area contributed by atoms with Gasteiger partial charge in [0.1, 0.15) is 5.75 Å². The van der Waals surface area contributed by atoms with Crippen LogP contribution in [-0.4, -0.2) is 12.1 Å². The normalized spacial score (nSPS) is 15.8. The van der Waals surface area contributed by atoms with Crippen molar-refractivity contribution < 1.29 is 17.9 Å². The summed E-state index contributed by atoms with van der Waals surface area (Å²) in [6.45, 7) is 0. The van der Waals surface area contributed by atoms with Crippen molar-refractivity contribution in [1.82, 2.24) is 4.98 Å². The van der Waals surface area contributed by atoms with E-state index in [2.05, 4.69) is 4.98 Å². The summed E-state index contributed by atoms with van der Waals surface area (Å²) in [6, 6.07) is 5.78. The van der Waals surface area contributed by atoms with Gasteiger partial charge in [0.05, 0.1) is 18.2 Å². The maximum Gasteiger partial charge on any atom is 0.417 e. The van der Waals surface area contributed by atoms with Crippen LogP contribution in [0.25, 0.3) is 10.9 Å². The summed E-state index contributed by atoms with van der Waals surface area (Å²) in [6.07, 6.45) is -2.53. The first-order chi connectivity index (χ1) is 8.99. The number of pyridine rings is 1. The lowest BCUT2D eigenvalue weighted by Crippen LogP contribution is -2.08. The number of hydrogen-bond acceptors (Lipinski definition) is 2. The zero-order chi connectivity index (χ0) is 13.6. The number of ether oxygens (including phenoxy) is 1. The van der Waals surface area contributed by atoms with Crippen molar-refractivity contribution in [2.75, 3.05) is 7.11 Å². The van der Waals surface area contributed by atoms with Gasteiger partial charge in [-0.2, -0.15) is 13.2 Å². The molecule has 0 aliphatic heterocycles. The number of benzene rings is 1. The summed E-state index contributed by atoms with van der Waals surface area (Å²) in [5.41, 5.74) is 0.292. The lowest BCUT2D eigenvalue weighted by Gasteiger charge is -2.13. The van der Waals surface area contributed by atoms with E-state index in [0.29, 0.717) is 17.0 Å². The van der Waals surface area contributed by atoms with Crippen molar-refractivity contribution in [1.29, 1.82) is 0 Å². The largest absolute Gasteiger partial charge is 0.497 e. The predicted octanol–water partition coefficient (Wildman–Crippen LogP) is 4.14. The predicted molar refractivity (Wildman–Crippen MR) is 65.3 cm³/mol. The zero-order valence-electron chi connectivity index (χ0n) is 10.3. The second kappa shape index (κ2) is 4.11. The second-order valence-corrected chi connectivity index (χ2v) is 4.75. The van der Waals surface area contributed by atoms with E-state index in [1.54, 1.807) is 12.1 Å². The third-order valence-electron chi connectivity index (χ3n) is 3.34. The van der Waals surface area contributed by atoms with E-state index in [-0.39, 0.29) is 11.3 Å². The SMILES string of the molecule is COc1ccc2nc(C3CC3)cc(C(F)(F)F)c2c1. The van der Waals surface area contributed by atoms with Crippen LogP contribution in [0.5, 0.6) is 5.75 Å². The van der Waals surface area contributed by atoms with Gasteiger partial charge in [0.2, 0.25) is 0 Å². The van der Waals surface area contributed by atoms with Gasteiger partial charge in [-0.15, -0.1) is 0 Å². The Morgan fingerprint density at radius 2 is 1.95 bits per heavy atom. The van der Waals surface area contributed by atoms with Crippen molar-refractivity contribution in [3.8, 4) is 5.75 Å². The molecule has 0 amide bonds. The van der Waals surface area contributed by atoms with Crippen LogP contribution in [0, 0.1) is 0 Å². The van der Waals surface area contributed by atoms with Crippen molar-refractivity contribution in [2.45, 2.75) is 24.9 Å². The number of alkyl halides is 3. The molecular formula is C14H12F3NO. The molecule has 0 radical (unpaired) electrons. The standard InChI is InChI=1S/C14H12F3NO/c1-19-9-4-5-12-10(6-9)11(14(15,16)17)7-13(18-12)8-2-3-8/h4-8H,2-3H2,1H3. The van der Waals surface area contributed by atoms with Crippen LogP contribution in [0.2, 0.25) is 0 Å². The quantitative estimate of drug-likeness (QED) is 0.815. The summed E-state index contributed by atoms with van der Waals surface area (Å²) in [4.78, 5) is 4.33. The molecule has 0 bridgehead atoms. The molecule has 1 aromatic heterocycles. The number of methoxy groups -OCH3 is 1. The smallest absolute Gasteiger partial charge is 0.417 e. The molecule has 0 spiro atoms. The Kier molecular flexibility index (Phi) is 2.66. The molecule has 19 heavy (non-hydrogen) atoms. The van der Waals surface area contributed by atoms with Crippen LogP contribution >= 0.6 is 0 Å².